The predicted molar refractivity (Wildman–Crippen MR) is 72.6 cm³/mol. The Bertz CT molecular complexity index is 402. The second kappa shape index (κ2) is 5.96. The Hall–Kier alpha value is -1.76. The molecular weight excluding hydrogens is 194 g/mol. The summed E-state index contributed by atoms with van der Waals surface area (Å²) in [5.41, 5.74) is 10.6. The molecule has 1 rings (SSSR count). The fraction of sp³-hybridized carbons (Fsp3) is 0.200. The first-order valence-electron chi connectivity index (χ1n) is 5.46. The Morgan fingerprint density at radius 2 is 1.44 bits per heavy atom. The molecule has 0 atom stereocenters. The highest BCUT2D eigenvalue weighted by Gasteiger charge is 2.08. The van der Waals surface area contributed by atoms with Crippen LogP contribution in [0.3, 0.4) is 0 Å². The van der Waals surface area contributed by atoms with Crippen LogP contribution in [-0.2, 0) is 19.3 Å². The van der Waals surface area contributed by atoms with Crippen LogP contribution in [0.4, 0.5) is 5.69 Å². The van der Waals surface area contributed by atoms with E-state index in [1.807, 2.05) is 24.3 Å². The smallest absolute Gasteiger partial charge is 0.0352 e. The second-order valence-electron chi connectivity index (χ2n) is 3.75. The van der Waals surface area contributed by atoms with Crippen molar-refractivity contribution in [3.8, 4) is 0 Å². The van der Waals surface area contributed by atoms with Crippen LogP contribution in [0.5, 0.6) is 0 Å². The van der Waals surface area contributed by atoms with Gasteiger partial charge in [-0.2, -0.15) is 0 Å². The van der Waals surface area contributed by atoms with Gasteiger partial charge in [-0.15, -0.1) is 19.7 Å². The van der Waals surface area contributed by atoms with Gasteiger partial charge in [-0.1, -0.05) is 24.3 Å². The summed E-state index contributed by atoms with van der Waals surface area (Å²) in [4.78, 5) is 0. The topological polar surface area (TPSA) is 26.0 Å². The van der Waals surface area contributed by atoms with Crippen molar-refractivity contribution >= 4 is 5.69 Å². The monoisotopic (exact) mass is 213 g/mol. The van der Waals surface area contributed by atoms with E-state index in [0.29, 0.717) is 0 Å². The van der Waals surface area contributed by atoms with Crippen LogP contribution in [0, 0.1) is 0 Å². The molecule has 1 nitrogen and oxygen atoms in total. The first-order valence-corrected chi connectivity index (χ1v) is 5.46. The van der Waals surface area contributed by atoms with Crippen LogP contribution >= 0.6 is 0 Å². The van der Waals surface area contributed by atoms with E-state index in [9.17, 15) is 0 Å². The average Bonchev–Trinajstić information content (AvgIpc) is 2.27. The molecule has 0 amide bonds. The van der Waals surface area contributed by atoms with Crippen molar-refractivity contribution < 1.29 is 0 Å². The summed E-state index contributed by atoms with van der Waals surface area (Å²) < 4.78 is 0. The average molecular weight is 213 g/mol. The van der Waals surface area contributed by atoms with Crippen molar-refractivity contribution in [1.29, 1.82) is 0 Å². The Balaban J connectivity index is 3.28. The van der Waals surface area contributed by atoms with Gasteiger partial charge in [0.15, 0.2) is 0 Å². The van der Waals surface area contributed by atoms with Crippen molar-refractivity contribution in [2.24, 2.45) is 0 Å². The molecule has 0 aliphatic heterocycles. The number of allylic oxidation sites excluding steroid dienone is 3. The minimum absolute atomic E-state index is 0.806. The van der Waals surface area contributed by atoms with Crippen molar-refractivity contribution in [2.45, 2.75) is 19.3 Å². The van der Waals surface area contributed by atoms with Crippen LogP contribution in [0.1, 0.15) is 16.7 Å². The highest BCUT2D eigenvalue weighted by molar-refractivity contribution is 5.55. The van der Waals surface area contributed by atoms with Crippen molar-refractivity contribution in [2.75, 3.05) is 5.73 Å². The van der Waals surface area contributed by atoms with Gasteiger partial charge in [0.1, 0.15) is 0 Å². The predicted octanol–water partition coefficient (Wildman–Crippen LogP) is 3.45. The largest absolute Gasteiger partial charge is 0.398 e. The molecule has 1 heteroatoms. The van der Waals surface area contributed by atoms with E-state index >= 15 is 0 Å². The summed E-state index contributed by atoms with van der Waals surface area (Å²) in [6.45, 7) is 11.3. The number of benzene rings is 1. The summed E-state index contributed by atoms with van der Waals surface area (Å²) in [7, 11) is 0. The third-order valence-corrected chi connectivity index (χ3v) is 2.63. The molecule has 0 saturated heterocycles. The van der Waals surface area contributed by atoms with E-state index in [2.05, 4.69) is 25.8 Å². The molecule has 0 saturated carbocycles. The Morgan fingerprint density at radius 3 is 2.00 bits per heavy atom. The summed E-state index contributed by atoms with van der Waals surface area (Å²) in [5, 5.41) is 0. The number of nitrogen functional groups attached to an aromatic ring is 1. The van der Waals surface area contributed by atoms with E-state index in [1.54, 1.807) is 0 Å². The van der Waals surface area contributed by atoms with Crippen LogP contribution in [0.15, 0.2) is 50.1 Å². The van der Waals surface area contributed by atoms with E-state index in [1.165, 1.54) is 16.7 Å². The standard InChI is InChI=1S/C15H19N/c1-4-7-12-10-11-15(16)14(9-6-3)13(12)8-5-2/h4-6,10-11H,1-3,7-9,16H2. The lowest BCUT2D eigenvalue weighted by atomic mass is 9.93. The lowest BCUT2D eigenvalue weighted by Gasteiger charge is -2.14. The molecule has 0 bridgehead atoms. The molecule has 0 fully saturated rings. The zero-order chi connectivity index (χ0) is 12.0. The van der Waals surface area contributed by atoms with Crippen LogP contribution in [0.2, 0.25) is 0 Å². The van der Waals surface area contributed by atoms with Gasteiger partial charge in [0.2, 0.25) is 0 Å². The molecule has 2 N–H and O–H groups in total. The van der Waals surface area contributed by atoms with Gasteiger partial charge in [0, 0.05) is 5.69 Å². The van der Waals surface area contributed by atoms with Crippen LogP contribution < -0.4 is 5.73 Å². The SMILES string of the molecule is C=CCc1ccc(N)c(CC=C)c1CC=C. The zero-order valence-corrected chi connectivity index (χ0v) is 9.71. The molecule has 1 aromatic carbocycles. The van der Waals surface area contributed by atoms with Gasteiger partial charge in [0.05, 0.1) is 0 Å². The van der Waals surface area contributed by atoms with E-state index < -0.39 is 0 Å². The van der Waals surface area contributed by atoms with Crippen molar-refractivity contribution in [3.05, 3.63) is 66.8 Å². The lowest BCUT2D eigenvalue weighted by molar-refractivity contribution is 1.09. The number of nitrogens with two attached hydrogens (primary N) is 1. The highest BCUT2D eigenvalue weighted by Crippen LogP contribution is 2.24. The van der Waals surface area contributed by atoms with Crippen molar-refractivity contribution in [3.63, 3.8) is 0 Å². The molecule has 0 aliphatic rings. The summed E-state index contributed by atoms with van der Waals surface area (Å²) in [5.74, 6) is 0. The summed E-state index contributed by atoms with van der Waals surface area (Å²) in [6.07, 6.45) is 8.23. The quantitative estimate of drug-likeness (QED) is 0.568. The highest BCUT2D eigenvalue weighted by atomic mass is 14.6. The molecule has 0 spiro atoms. The maximum atomic E-state index is 5.99. The Kier molecular flexibility index (Phi) is 4.59. The van der Waals surface area contributed by atoms with Gasteiger partial charge < -0.3 is 5.73 Å². The maximum Gasteiger partial charge on any atom is 0.0352 e. The molecule has 0 radical (unpaired) electrons. The second-order valence-corrected chi connectivity index (χ2v) is 3.75. The maximum absolute atomic E-state index is 5.99. The minimum atomic E-state index is 0.806. The molecule has 0 heterocycles. The van der Waals surface area contributed by atoms with Crippen molar-refractivity contribution in [1.82, 2.24) is 0 Å². The Morgan fingerprint density at radius 1 is 0.875 bits per heavy atom. The van der Waals surface area contributed by atoms with E-state index in [4.69, 9.17) is 5.73 Å². The van der Waals surface area contributed by atoms with Gasteiger partial charge in [-0.25, -0.2) is 0 Å². The third-order valence-electron chi connectivity index (χ3n) is 2.63. The fourth-order valence-corrected chi connectivity index (χ4v) is 1.89. The van der Waals surface area contributed by atoms with Gasteiger partial charge in [-0.3, -0.25) is 0 Å². The van der Waals surface area contributed by atoms with Gasteiger partial charge in [-0.05, 0) is 42.0 Å². The summed E-state index contributed by atoms with van der Waals surface area (Å²) >= 11 is 0. The van der Waals surface area contributed by atoms with Gasteiger partial charge >= 0.3 is 0 Å². The first-order chi connectivity index (χ1) is 7.74. The minimum Gasteiger partial charge on any atom is -0.398 e. The molecule has 1 aromatic rings. The number of hydrogen-bond donors (Lipinski definition) is 1. The normalized spacial score (nSPS) is 9.75. The zero-order valence-electron chi connectivity index (χ0n) is 9.71. The number of hydrogen-bond acceptors (Lipinski definition) is 1. The molecular formula is C15H19N. The molecule has 16 heavy (non-hydrogen) atoms. The van der Waals surface area contributed by atoms with E-state index in [0.717, 1.165) is 24.9 Å². The van der Waals surface area contributed by atoms with Crippen LogP contribution in [-0.4, -0.2) is 0 Å². The summed E-state index contributed by atoms with van der Waals surface area (Å²) in [6, 6.07) is 4.03. The number of anilines is 1. The molecule has 0 unspecified atom stereocenters. The lowest BCUT2D eigenvalue weighted by Crippen LogP contribution is -2.03. The molecule has 0 aliphatic carbocycles. The van der Waals surface area contributed by atoms with Crippen LogP contribution in [0.25, 0.3) is 0 Å². The number of rotatable bonds is 6. The van der Waals surface area contributed by atoms with E-state index in [-0.39, 0.29) is 0 Å². The third kappa shape index (κ3) is 2.63. The molecule has 0 aromatic heterocycles. The molecule has 84 valence electrons. The van der Waals surface area contributed by atoms with Gasteiger partial charge in [0.25, 0.3) is 0 Å². The Labute approximate surface area is 98.0 Å². The fourth-order valence-electron chi connectivity index (χ4n) is 1.89. The first kappa shape index (κ1) is 12.3.